The van der Waals surface area contributed by atoms with Crippen LogP contribution in [0, 0.1) is 0 Å². The number of nitrogens with zero attached hydrogens (tertiary/aromatic N) is 2. The van der Waals surface area contributed by atoms with Crippen LogP contribution in [0.5, 0.6) is 0 Å². The van der Waals surface area contributed by atoms with Gasteiger partial charge in [0.2, 0.25) is 0 Å². The Bertz CT molecular complexity index is 1160. The fraction of sp³-hybridized carbons (Fsp3) is 0.944. The Balaban J connectivity index is 5.21. The molecular formula is C71H138N2O9. The van der Waals surface area contributed by atoms with Gasteiger partial charge in [0.05, 0.1) is 32.5 Å². The van der Waals surface area contributed by atoms with Crippen LogP contribution in [0.2, 0.25) is 0 Å². The van der Waals surface area contributed by atoms with Gasteiger partial charge in [-0.15, -0.1) is 0 Å². The summed E-state index contributed by atoms with van der Waals surface area (Å²) in [7, 11) is 0. The first-order valence-electron chi connectivity index (χ1n) is 36.0. The van der Waals surface area contributed by atoms with Gasteiger partial charge in [-0.1, -0.05) is 259 Å². The first kappa shape index (κ1) is 79.8. The quantitative estimate of drug-likeness (QED) is 0.0355. The molecular weight excluding hydrogens is 1020 g/mol. The number of aliphatic hydroxyl groups is 1. The maximum absolute atomic E-state index is 12.6. The monoisotopic (exact) mass is 1160 g/mol. The van der Waals surface area contributed by atoms with Crippen LogP contribution in [-0.2, 0) is 38.1 Å². The lowest BCUT2D eigenvalue weighted by Gasteiger charge is -2.29. The van der Waals surface area contributed by atoms with Crippen molar-refractivity contribution in [1.82, 2.24) is 9.80 Å². The molecule has 82 heavy (non-hydrogen) atoms. The molecule has 0 aromatic rings. The van der Waals surface area contributed by atoms with E-state index in [2.05, 4.69) is 37.5 Å². The molecule has 0 heterocycles. The molecule has 0 aliphatic heterocycles. The van der Waals surface area contributed by atoms with E-state index in [1.165, 1.54) is 180 Å². The molecule has 0 bridgehead atoms. The fourth-order valence-electron chi connectivity index (χ4n) is 11.1. The SMILES string of the molecule is CCCCCCCCCCCOC(=O)CCCCCN(CCCCCC(=O)OCCCCCCCCCCC)CC(O)CN(CCCCCC(=O)OCCCCCCCCCCC)CCCCCC(=O)OCCCCCCCCCCC. The van der Waals surface area contributed by atoms with E-state index in [1.54, 1.807) is 0 Å². The molecule has 11 nitrogen and oxygen atoms in total. The predicted molar refractivity (Wildman–Crippen MR) is 346 cm³/mol. The molecule has 1 N–H and O–H groups in total. The molecule has 0 saturated heterocycles. The highest BCUT2D eigenvalue weighted by molar-refractivity contribution is 5.70. The van der Waals surface area contributed by atoms with Crippen molar-refractivity contribution >= 4 is 23.9 Å². The molecule has 486 valence electrons. The van der Waals surface area contributed by atoms with Crippen molar-refractivity contribution in [2.75, 3.05) is 65.7 Å². The smallest absolute Gasteiger partial charge is 0.305 e. The first-order chi connectivity index (χ1) is 40.2. The Kier molecular flexibility index (Phi) is 64.5. The van der Waals surface area contributed by atoms with Gasteiger partial charge in [-0.2, -0.15) is 0 Å². The van der Waals surface area contributed by atoms with Crippen molar-refractivity contribution in [1.29, 1.82) is 0 Å². The van der Waals surface area contributed by atoms with Gasteiger partial charge < -0.3 is 33.9 Å². The zero-order chi connectivity index (χ0) is 59.7. The Morgan fingerprint density at radius 3 is 0.622 bits per heavy atom. The number of carbonyl (C=O) groups excluding carboxylic acids is 4. The Morgan fingerprint density at radius 1 is 0.256 bits per heavy atom. The maximum Gasteiger partial charge on any atom is 0.305 e. The van der Waals surface area contributed by atoms with Gasteiger partial charge in [-0.3, -0.25) is 19.2 Å². The molecule has 0 spiro atoms. The van der Waals surface area contributed by atoms with Crippen molar-refractivity contribution in [3.63, 3.8) is 0 Å². The predicted octanol–water partition coefficient (Wildman–Crippen LogP) is 19.5. The van der Waals surface area contributed by atoms with E-state index in [0.29, 0.717) is 65.2 Å². The lowest BCUT2D eigenvalue weighted by atomic mass is 10.1. The number of aliphatic hydroxyl groups excluding tert-OH is 1. The lowest BCUT2D eigenvalue weighted by molar-refractivity contribution is -0.144. The van der Waals surface area contributed by atoms with Crippen LogP contribution in [0.1, 0.15) is 362 Å². The summed E-state index contributed by atoms with van der Waals surface area (Å²) < 4.78 is 22.3. The summed E-state index contributed by atoms with van der Waals surface area (Å²) in [6.07, 6.45) is 56.6. The summed E-state index contributed by atoms with van der Waals surface area (Å²) >= 11 is 0. The van der Waals surface area contributed by atoms with Crippen molar-refractivity contribution in [3.8, 4) is 0 Å². The van der Waals surface area contributed by atoms with Crippen LogP contribution in [-0.4, -0.2) is 111 Å². The van der Waals surface area contributed by atoms with E-state index >= 15 is 0 Å². The molecule has 0 unspecified atom stereocenters. The zero-order valence-electron chi connectivity index (χ0n) is 55.0. The molecule has 0 fully saturated rings. The number of rotatable bonds is 68. The largest absolute Gasteiger partial charge is 0.466 e. The highest BCUT2D eigenvalue weighted by Gasteiger charge is 2.17. The fourth-order valence-corrected chi connectivity index (χ4v) is 11.1. The minimum Gasteiger partial charge on any atom is -0.466 e. The van der Waals surface area contributed by atoms with Crippen molar-refractivity contribution in [2.45, 2.75) is 368 Å². The molecule has 0 aromatic heterocycles. The normalized spacial score (nSPS) is 11.6. The minimum atomic E-state index is -0.542. The molecule has 0 aliphatic carbocycles. The second-order valence-electron chi connectivity index (χ2n) is 24.7. The van der Waals surface area contributed by atoms with Crippen LogP contribution < -0.4 is 0 Å². The summed E-state index contributed by atoms with van der Waals surface area (Å²) in [5.41, 5.74) is 0. The number of ether oxygens (including phenoxy) is 4. The molecule has 0 saturated carbocycles. The summed E-state index contributed by atoms with van der Waals surface area (Å²) in [5.74, 6) is -0.362. The summed E-state index contributed by atoms with van der Waals surface area (Å²) in [6, 6.07) is 0. The highest BCUT2D eigenvalue weighted by atomic mass is 16.5. The molecule has 0 aromatic carbocycles. The second-order valence-corrected chi connectivity index (χ2v) is 24.7. The second kappa shape index (κ2) is 66.3. The molecule has 0 atom stereocenters. The third-order valence-corrected chi connectivity index (χ3v) is 16.4. The van der Waals surface area contributed by atoms with Gasteiger partial charge in [0.25, 0.3) is 0 Å². The third kappa shape index (κ3) is 62.3. The molecule has 0 aliphatic rings. The van der Waals surface area contributed by atoms with E-state index in [1.807, 2.05) is 0 Å². The maximum atomic E-state index is 12.6. The Morgan fingerprint density at radius 2 is 0.427 bits per heavy atom. The van der Waals surface area contributed by atoms with Crippen LogP contribution in [0.3, 0.4) is 0 Å². The lowest BCUT2D eigenvalue weighted by Crippen LogP contribution is -2.41. The van der Waals surface area contributed by atoms with Gasteiger partial charge in [0, 0.05) is 38.8 Å². The van der Waals surface area contributed by atoms with Crippen molar-refractivity contribution < 1.29 is 43.2 Å². The number of hydrogen-bond acceptors (Lipinski definition) is 11. The minimum absolute atomic E-state index is 0.0906. The van der Waals surface area contributed by atoms with Gasteiger partial charge in [0.1, 0.15) is 0 Å². The van der Waals surface area contributed by atoms with Crippen molar-refractivity contribution in [3.05, 3.63) is 0 Å². The summed E-state index contributed by atoms with van der Waals surface area (Å²) in [4.78, 5) is 55.0. The number of esters is 4. The average Bonchev–Trinajstić information content (AvgIpc) is 3.47. The number of carbonyl (C=O) groups is 4. The van der Waals surface area contributed by atoms with E-state index < -0.39 is 6.10 Å². The van der Waals surface area contributed by atoms with E-state index in [-0.39, 0.29) is 23.9 Å². The standard InChI is InChI=1S/C71H138N2O9/c1-5-9-13-17-21-25-29-33-49-61-79-68(75)53-41-37-45-57-72(58-46-38-42-54-69(76)80-62-50-34-30-26-22-18-14-10-6-2)65-67(74)66-73(59-47-39-43-55-70(77)81-63-51-35-31-27-23-19-15-11-7-3)60-48-40-44-56-71(78)82-64-52-36-32-28-24-20-16-12-8-4/h67,74H,5-66H2,1-4H3. The van der Waals surface area contributed by atoms with Crippen LogP contribution >= 0.6 is 0 Å². The number of hydrogen-bond donors (Lipinski definition) is 1. The topological polar surface area (TPSA) is 132 Å². The number of unbranched alkanes of at least 4 members (excludes halogenated alkanes) is 40. The molecule has 0 amide bonds. The van der Waals surface area contributed by atoms with E-state index in [4.69, 9.17) is 18.9 Å². The van der Waals surface area contributed by atoms with Gasteiger partial charge in [0.15, 0.2) is 0 Å². The van der Waals surface area contributed by atoms with E-state index in [0.717, 1.165) is 155 Å². The van der Waals surface area contributed by atoms with Gasteiger partial charge >= 0.3 is 23.9 Å². The van der Waals surface area contributed by atoms with Gasteiger partial charge in [-0.25, -0.2) is 0 Å². The average molecular weight is 1160 g/mol. The summed E-state index contributed by atoms with van der Waals surface area (Å²) in [6.45, 7) is 15.6. The zero-order valence-corrected chi connectivity index (χ0v) is 55.0. The molecule has 0 rings (SSSR count). The van der Waals surface area contributed by atoms with E-state index in [9.17, 15) is 24.3 Å². The van der Waals surface area contributed by atoms with Gasteiger partial charge in [-0.05, 0) is 103 Å². The van der Waals surface area contributed by atoms with Crippen LogP contribution in [0.4, 0.5) is 0 Å². The first-order valence-corrected chi connectivity index (χ1v) is 36.0. The van der Waals surface area contributed by atoms with Crippen molar-refractivity contribution in [2.24, 2.45) is 0 Å². The Hall–Kier alpha value is -2.24. The Labute approximate surface area is 508 Å². The third-order valence-electron chi connectivity index (χ3n) is 16.4. The van der Waals surface area contributed by atoms with Crippen LogP contribution in [0.15, 0.2) is 0 Å². The summed E-state index contributed by atoms with van der Waals surface area (Å²) in [5, 5.41) is 11.7. The molecule has 0 radical (unpaired) electrons. The highest BCUT2D eigenvalue weighted by Crippen LogP contribution is 2.16. The van der Waals surface area contributed by atoms with Crippen LogP contribution in [0.25, 0.3) is 0 Å². The molecule has 11 heteroatoms.